The fourth-order valence-electron chi connectivity index (χ4n) is 2.23. The average molecular weight is 395 g/mol. The van der Waals surface area contributed by atoms with Crippen molar-refractivity contribution in [3.63, 3.8) is 0 Å². The maximum absolute atomic E-state index is 13.3. The molecule has 2 heterocycles. The molecule has 9 heteroatoms. The molecule has 0 N–H and O–H groups in total. The number of nitrogens with zero attached hydrogens (tertiary/aromatic N) is 4. The van der Waals surface area contributed by atoms with Gasteiger partial charge in [0, 0.05) is 5.56 Å². The molecule has 0 spiro atoms. The summed E-state index contributed by atoms with van der Waals surface area (Å²) in [6.45, 7) is 0.251. The van der Waals surface area contributed by atoms with E-state index in [2.05, 4.69) is 15.3 Å². The molecule has 0 aliphatic carbocycles. The highest BCUT2D eigenvalue weighted by atomic mass is 35.5. The standard InChI is InChI=1S/C16H9Cl2FN4OS/c17-10-3-1-2-4-13(10)24-8-14-22-23-15(20-21-16(23)25-14)9-5-6-12(19)11(18)7-9/h1-7H,8H2. The highest BCUT2D eigenvalue weighted by molar-refractivity contribution is 7.16. The van der Waals surface area contributed by atoms with Crippen LogP contribution in [0.3, 0.4) is 0 Å². The third-order valence-corrected chi connectivity index (χ3v) is 4.87. The van der Waals surface area contributed by atoms with Crippen molar-refractivity contribution >= 4 is 39.5 Å². The molecule has 0 amide bonds. The molecule has 126 valence electrons. The number of rotatable bonds is 4. The zero-order chi connectivity index (χ0) is 17.4. The van der Waals surface area contributed by atoms with E-state index in [1.54, 1.807) is 22.7 Å². The van der Waals surface area contributed by atoms with Crippen molar-refractivity contribution in [1.29, 1.82) is 0 Å². The van der Waals surface area contributed by atoms with Gasteiger partial charge in [-0.25, -0.2) is 4.39 Å². The van der Waals surface area contributed by atoms with Gasteiger partial charge >= 0.3 is 0 Å². The third kappa shape index (κ3) is 3.18. The van der Waals surface area contributed by atoms with E-state index in [-0.39, 0.29) is 11.6 Å². The smallest absolute Gasteiger partial charge is 0.235 e. The van der Waals surface area contributed by atoms with Gasteiger partial charge in [0.05, 0.1) is 10.0 Å². The van der Waals surface area contributed by atoms with Crippen LogP contribution in [0.2, 0.25) is 10.0 Å². The predicted octanol–water partition coefficient (Wildman–Crippen LogP) is 4.88. The molecule has 0 aliphatic rings. The molecule has 0 saturated carbocycles. The van der Waals surface area contributed by atoms with Gasteiger partial charge in [0.25, 0.3) is 0 Å². The van der Waals surface area contributed by atoms with Crippen molar-refractivity contribution in [2.75, 3.05) is 0 Å². The van der Waals surface area contributed by atoms with Gasteiger partial charge in [-0.15, -0.1) is 10.2 Å². The highest BCUT2D eigenvalue weighted by Crippen LogP contribution is 2.27. The minimum Gasteiger partial charge on any atom is -0.485 e. The predicted molar refractivity (Wildman–Crippen MR) is 94.8 cm³/mol. The zero-order valence-corrected chi connectivity index (χ0v) is 14.8. The summed E-state index contributed by atoms with van der Waals surface area (Å²) in [5, 5.41) is 13.9. The van der Waals surface area contributed by atoms with Crippen LogP contribution in [-0.4, -0.2) is 19.8 Å². The molecule has 0 bridgehead atoms. The van der Waals surface area contributed by atoms with Crippen molar-refractivity contribution in [2.24, 2.45) is 0 Å². The van der Waals surface area contributed by atoms with Crippen molar-refractivity contribution < 1.29 is 9.13 Å². The van der Waals surface area contributed by atoms with E-state index >= 15 is 0 Å². The molecule has 4 rings (SSSR count). The molecule has 0 unspecified atom stereocenters. The lowest BCUT2D eigenvalue weighted by molar-refractivity contribution is 0.304. The van der Waals surface area contributed by atoms with Crippen LogP contribution in [0.1, 0.15) is 5.01 Å². The van der Waals surface area contributed by atoms with E-state index in [9.17, 15) is 4.39 Å². The van der Waals surface area contributed by atoms with Gasteiger partial charge in [-0.2, -0.15) is 9.61 Å². The van der Waals surface area contributed by atoms with E-state index in [1.165, 1.54) is 23.5 Å². The molecular formula is C16H9Cl2FN4OS. The van der Waals surface area contributed by atoms with E-state index in [0.29, 0.717) is 32.1 Å². The Morgan fingerprint density at radius 3 is 2.72 bits per heavy atom. The minimum absolute atomic E-state index is 0.0201. The molecule has 0 atom stereocenters. The maximum Gasteiger partial charge on any atom is 0.235 e. The lowest BCUT2D eigenvalue weighted by Crippen LogP contribution is -1.98. The summed E-state index contributed by atoms with van der Waals surface area (Å²) in [5.74, 6) is 0.580. The Bertz CT molecular complexity index is 1070. The van der Waals surface area contributed by atoms with Gasteiger partial charge < -0.3 is 4.74 Å². The van der Waals surface area contributed by atoms with Gasteiger partial charge in [-0.1, -0.05) is 46.7 Å². The summed E-state index contributed by atoms with van der Waals surface area (Å²) in [5.41, 5.74) is 0.628. The van der Waals surface area contributed by atoms with Crippen LogP contribution in [0.25, 0.3) is 16.3 Å². The fraction of sp³-hybridized carbons (Fsp3) is 0.0625. The van der Waals surface area contributed by atoms with Gasteiger partial charge in [0.2, 0.25) is 4.96 Å². The number of fused-ring (bicyclic) bond motifs is 1. The first-order valence-corrected chi connectivity index (χ1v) is 8.73. The zero-order valence-electron chi connectivity index (χ0n) is 12.5. The van der Waals surface area contributed by atoms with E-state index in [0.717, 1.165) is 0 Å². The highest BCUT2D eigenvalue weighted by Gasteiger charge is 2.15. The first-order chi connectivity index (χ1) is 12.1. The van der Waals surface area contributed by atoms with Crippen molar-refractivity contribution in [1.82, 2.24) is 19.8 Å². The second kappa shape index (κ2) is 6.59. The van der Waals surface area contributed by atoms with Gasteiger partial charge in [0.15, 0.2) is 10.8 Å². The number of halogens is 3. The van der Waals surface area contributed by atoms with Crippen LogP contribution >= 0.6 is 34.5 Å². The number of ether oxygens (including phenoxy) is 1. The number of hydrogen-bond donors (Lipinski definition) is 0. The molecule has 4 aromatic rings. The largest absolute Gasteiger partial charge is 0.485 e. The monoisotopic (exact) mass is 394 g/mol. The molecule has 0 saturated heterocycles. The Kier molecular flexibility index (Phi) is 4.29. The Morgan fingerprint density at radius 2 is 1.92 bits per heavy atom. The molecular weight excluding hydrogens is 386 g/mol. The van der Waals surface area contributed by atoms with Crippen molar-refractivity contribution in [3.8, 4) is 17.1 Å². The number of aromatic nitrogens is 4. The first-order valence-electron chi connectivity index (χ1n) is 7.15. The number of para-hydroxylation sites is 1. The quantitative estimate of drug-likeness (QED) is 0.494. The molecule has 5 nitrogen and oxygen atoms in total. The summed E-state index contributed by atoms with van der Waals surface area (Å²) in [6.07, 6.45) is 0. The van der Waals surface area contributed by atoms with Gasteiger partial charge in [-0.3, -0.25) is 0 Å². The maximum atomic E-state index is 13.3. The van der Waals surface area contributed by atoms with Gasteiger partial charge in [-0.05, 0) is 30.3 Å². The molecule has 2 aromatic heterocycles. The van der Waals surface area contributed by atoms with E-state index in [1.807, 2.05) is 12.1 Å². The SMILES string of the molecule is Fc1ccc(-c2nnc3sc(COc4ccccc4Cl)nn23)cc1Cl. The Morgan fingerprint density at radius 1 is 1.08 bits per heavy atom. The number of benzene rings is 2. The first kappa shape index (κ1) is 16.3. The summed E-state index contributed by atoms with van der Waals surface area (Å²) >= 11 is 13.3. The van der Waals surface area contributed by atoms with Crippen LogP contribution < -0.4 is 4.74 Å². The Balaban J connectivity index is 1.62. The normalized spacial score (nSPS) is 11.2. The lowest BCUT2D eigenvalue weighted by Gasteiger charge is -2.04. The molecule has 0 radical (unpaired) electrons. The Labute approximate surface area is 155 Å². The van der Waals surface area contributed by atoms with E-state index in [4.69, 9.17) is 27.9 Å². The van der Waals surface area contributed by atoms with Crippen LogP contribution in [0.15, 0.2) is 42.5 Å². The molecule has 25 heavy (non-hydrogen) atoms. The van der Waals surface area contributed by atoms with Crippen molar-refractivity contribution in [2.45, 2.75) is 6.61 Å². The minimum atomic E-state index is -0.488. The van der Waals surface area contributed by atoms with Crippen LogP contribution in [0.5, 0.6) is 5.75 Å². The van der Waals surface area contributed by atoms with Crippen molar-refractivity contribution in [3.05, 3.63) is 63.3 Å². The van der Waals surface area contributed by atoms with Crippen LogP contribution in [0, 0.1) is 5.82 Å². The average Bonchev–Trinajstić information content (AvgIpc) is 3.17. The van der Waals surface area contributed by atoms with Gasteiger partial charge in [0.1, 0.15) is 18.2 Å². The number of hydrogen-bond acceptors (Lipinski definition) is 5. The Hall–Kier alpha value is -2.22. The third-order valence-electron chi connectivity index (χ3n) is 3.40. The molecule has 2 aromatic carbocycles. The van der Waals surface area contributed by atoms with Crippen LogP contribution in [-0.2, 0) is 6.61 Å². The van der Waals surface area contributed by atoms with Crippen LogP contribution in [0.4, 0.5) is 4.39 Å². The molecule has 0 fully saturated rings. The topological polar surface area (TPSA) is 52.3 Å². The summed E-state index contributed by atoms with van der Waals surface area (Å²) in [4.78, 5) is 0.605. The second-order valence-corrected chi connectivity index (χ2v) is 6.92. The molecule has 0 aliphatic heterocycles. The summed E-state index contributed by atoms with van der Waals surface area (Å²) in [7, 11) is 0. The van der Waals surface area contributed by atoms with E-state index < -0.39 is 5.82 Å². The second-order valence-electron chi connectivity index (χ2n) is 5.06. The summed E-state index contributed by atoms with van der Waals surface area (Å²) < 4.78 is 20.6. The fourth-order valence-corrected chi connectivity index (χ4v) is 3.35. The summed E-state index contributed by atoms with van der Waals surface area (Å²) in [6, 6.07) is 11.6. The lowest BCUT2D eigenvalue weighted by atomic mass is 10.2.